The average molecular weight is 423 g/mol. The minimum Gasteiger partial charge on any atom is -0.455 e. The molecular weight excluding hydrogens is 392 g/mol. The van der Waals surface area contributed by atoms with Crippen molar-refractivity contribution in [2.75, 3.05) is 13.2 Å². The summed E-state index contributed by atoms with van der Waals surface area (Å²) in [4.78, 5) is 24.0. The molecule has 0 bridgehead atoms. The molecule has 1 fully saturated rings. The number of esters is 1. The Morgan fingerprint density at radius 3 is 2.55 bits per heavy atom. The first-order chi connectivity index (χ1) is 13.8. The standard InChI is InChI=1S/C21H30N2O5S/c1-15-6-2-5-9-19(15)23-20(24)14-28-21(25)13-22-29(26,27)18-11-10-16-7-3-4-8-17(16)12-18/h10-12,15,19,22H,2-9,13-14H2,1H3,(H,23,24)/t15-,19+/m0/s1. The lowest BCUT2D eigenvalue weighted by Crippen LogP contribution is -2.43. The van der Waals surface area contributed by atoms with Gasteiger partial charge in [0, 0.05) is 6.04 Å². The lowest BCUT2D eigenvalue weighted by molar-refractivity contribution is -0.147. The number of carbonyl (C=O) groups excluding carboxylic acids is 2. The van der Waals surface area contributed by atoms with Crippen LogP contribution in [-0.4, -0.2) is 39.5 Å². The third-order valence-corrected chi connectivity index (χ3v) is 7.26. The van der Waals surface area contributed by atoms with Crippen LogP contribution in [0.2, 0.25) is 0 Å². The van der Waals surface area contributed by atoms with Crippen LogP contribution in [0.1, 0.15) is 56.6 Å². The molecule has 2 aliphatic carbocycles. The first-order valence-electron chi connectivity index (χ1n) is 10.4. The molecule has 2 atom stereocenters. The lowest BCUT2D eigenvalue weighted by atomic mass is 9.86. The third kappa shape index (κ3) is 6.02. The van der Waals surface area contributed by atoms with E-state index in [2.05, 4.69) is 17.0 Å². The van der Waals surface area contributed by atoms with Gasteiger partial charge in [-0.15, -0.1) is 0 Å². The Bertz CT molecular complexity index is 853. The number of benzene rings is 1. The van der Waals surface area contributed by atoms with Gasteiger partial charge < -0.3 is 10.1 Å². The molecule has 1 saturated carbocycles. The van der Waals surface area contributed by atoms with Crippen LogP contribution in [0, 0.1) is 5.92 Å². The van der Waals surface area contributed by atoms with Crippen LogP contribution in [0.5, 0.6) is 0 Å². The second-order valence-electron chi connectivity index (χ2n) is 8.06. The van der Waals surface area contributed by atoms with Crippen molar-refractivity contribution in [1.29, 1.82) is 0 Å². The summed E-state index contributed by atoms with van der Waals surface area (Å²) in [6, 6.07) is 5.20. The summed E-state index contributed by atoms with van der Waals surface area (Å²) in [5, 5.41) is 2.90. The Morgan fingerprint density at radius 2 is 1.79 bits per heavy atom. The van der Waals surface area contributed by atoms with Crippen LogP contribution < -0.4 is 10.0 Å². The Hall–Kier alpha value is -1.93. The average Bonchev–Trinajstić information content (AvgIpc) is 2.72. The molecule has 29 heavy (non-hydrogen) atoms. The predicted octanol–water partition coefficient (Wildman–Crippen LogP) is 2.08. The van der Waals surface area contributed by atoms with E-state index in [-0.39, 0.29) is 16.8 Å². The molecular formula is C21H30N2O5S. The number of nitrogens with one attached hydrogen (secondary N) is 2. The summed E-state index contributed by atoms with van der Waals surface area (Å²) < 4.78 is 32.1. The molecule has 0 aromatic heterocycles. The van der Waals surface area contributed by atoms with Crippen molar-refractivity contribution in [3.8, 4) is 0 Å². The van der Waals surface area contributed by atoms with E-state index in [1.54, 1.807) is 12.1 Å². The van der Waals surface area contributed by atoms with Gasteiger partial charge in [0.25, 0.3) is 5.91 Å². The van der Waals surface area contributed by atoms with Crippen molar-refractivity contribution >= 4 is 21.9 Å². The van der Waals surface area contributed by atoms with Gasteiger partial charge >= 0.3 is 5.97 Å². The zero-order chi connectivity index (χ0) is 20.9. The Labute approximate surface area is 172 Å². The number of amides is 1. The van der Waals surface area contributed by atoms with Gasteiger partial charge in [-0.05, 0) is 67.7 Å². The summed E-state index contributed by atoms with van der Waals surface area (Å²) in [7, 11) is -3.81. The maximum absolute atomic E-state index is 12.5. The Morgan fingerprint density at radius 1 is 1.07 bits per heavy atom. The molecule has 7 nitrogen and oxygen atoms in total. The van der Waals surface area contributed by atoms with E-state index >= 15 is 0 Å². The van der Waals surface area contributed by atoms with E-state index in [1.165, 1.54) is 12.0 Å². The number of fused-ring (bicyclic) bond motifs is 1. The van der Waals surface area contributed by atoms with Crippen molar-refractivity contribution in [3.05, 3.63) is 29.3 Å². The zero-order valence-electron chi connectivity index (χ0n) is 16.9. The predicted molar refractivity (Wildman–Crippen MR) is 109 cm³/mol. The van der Waals surface area contributed by atoms with Gasteiger partial charge in [0.15, 0.2) is 6.61 Å². The quantitative estimate of drug-likeness (QED) is 0.655. The highest BCUT2D eigenvalue weighted by Gasteiger charge is 2.23. The number of carbonyl (C=O) groups is 2. The molecule has 0 spiro atoms. The lowest BCUT2D eigenvalue weighted by Gasteiger charge is -2.29. The van der Waals surface area contributed by atoms with Gasteiger partial charge in [-0.2, -0.15) is 4.72 Å². The van der Waals surface area contributed by atoms with Crippen LogP contribution in [0.3, 0.4) is 0 Å². The smallest absolute Gasteiger partial charge is 0.321 e. The number of sulfonamides is 1. The molecule has 3 rings (SSSR count). The highest BCUT2D eigenvalue weighted by atomic mass is 32.2. The third-order valence-electron chi connectivity index (χ3n) is 5.86. The molecule has 1 aromatic carbocycles. The van der Waals surface area contributed by atoms with Gasteiger partial charge in [0.1, 0.15) is 6.54 Å². The molecule has 2 N–H and O–H groups in total. The summed E-state index contributed by atoms with van der Waals surface area (Å²) >= 11 is 0. The maximum Gasteiger partial charge on any atom is 0.321 e. The summed E-state index contributed by atoms with van der Waals surface area (Å²) in [6.45, 7) is 1.20. The van der Waals surface area contributed by atoms with E-state index in [1.807, 2.05) is 6.07 Å². The van der Waals surface area contributed by atoms with Crippen LogP contribution in [0.25, 0.3) is 0 Å². The largest absolute Gasteiger partial charge is 0.455 e. The van der Waals surface area contributed by atoms with E-state index < -0.39 is 29.1 Å². The molecule has 0 saturated heterocycles. The summed E-state index contributed by atoms with van der Waals surface area (Å²) in [5.74, 6) is -0.722. The van der Waals surface area contributed by atoms with Crippen LogP contribution in [0.4, 0.5) is 0 Å². The molecule has 1 aromatic rings. The molecule has 8 heteroatoms. The van der Waals surface area contributed by atoms with E-state index in [9.17, 15) is 18.0 Å². The Kier molecular flexibility index (Phi) is 7.29. The molecule has 0 unspecified atom stereocenters. The summed E-state index contributed by atoms with van der Waals surface area (Å²) in [6.07, 6.45) is 8.28. The first kappa shape index (κ1) is 21.8. The van der Waals surface area contributed by atoms with Crippen LogP contribution in [0.15, 0.2) is 23.1 Å². The van der Waals surface area contributed by atoms with Gasteiger partial charge in [-0.1, -0.05) is 25.8 Å². The monoisotopic (exact) mass is 422 g/mol. The maximum atomic E-state index is 12.5. The molecule has 160 valence electrons. The molecule has 0 heterocycles. The number of hydrogen-bond acceptors (Lipinski definition) is 5. The van der Waals surface area contributed by atoms with Crippen molar-refractivity contribution in [1.82, 2.24) is 10.0 Å². The fraction of sp³-hybridized carbons (Fsp3) is 0.619. The van der Waals surface area contributed by atoms with Crippen molar-refractivity contribution < 1.29 is 22.7 Å². The van der Waals surface area contributed by atoms with Gasteiger partial charge in [-0.3, -0.25) is 9.59 Å². The fourth-order valence-electron chi connectivity index (χ4n) is 4.09. The number of hydrogen-bond donors (Lipinski definition) is 2. The molecule has 2 aliphatic rings. The van der Waals surface area contributed by atoms with E-state index in [0.717, 1.165) is 50.5 Å². The highest BCUT2D eigenvalue weighted by molar-refractivity contribution is 7.89. The Balaban J connectivity index is 1.45. The van der Waals surface area contributed by atoms with E-state index in [4.69, 9.17) is 4.74 Å². The normalized spacial score (nSPS) is 21.8. The van der Waals surface area contributed by atoms with Crippen molar-refractivity contribution in [2.24, 2.45) is 5.92 Å². The molecule has 0 radical (unpaired) electrons. The number of aryl methyl sites for hydroxylation is 2. The van der Waals surface area contributed by atoms with Gasteiger partial charge in [0.05, 0.1) is 4.90 Å². The van der Waals surface area contributed by atoms with Crippen molar-refractivity contribution in [3.63, 3.8) is 0 Å². The van der Waals surface area contributed by atoms with Crippen LogP contribution in [-0.2, 0) is 37.2 Å². The SMILES string of the molecule is C[C@H]1CCCC[C@H]1NC(=O)COC(=O)CNS(=O)(=O)c1ccc2c(c1)CCCC2. The zero-order valence-corrected chi connectivity index (χ0v) is 17.7. The number of ether oxygens (including phenoxy) is 1. The summed E-state index contributed by atoms with van der Waals surface area (Å²) in [5.41, 5.74) is 2.24. The van der Waals surface area contributed by atoms with E-state index in [0.29, 0.717) is 5.92 Å². The topological polar surface area (TPSA) is 102 Å². The molecule has 1 amide bonds. The van der Waals surface area contributed by atoms with Crippen molar-refractivity contribution in [2.45, 2.75) is 69.2 Å². The first-order valence-corrected chi connectivity index (χ1v) is 11.9. The van der Waals surface area contributed by atoms with Crippen LogP contribution >= 0.6 is 0 Å². The van der Waals surface area contributed by atoms with Gasteiger partial charge in [-0.25, -0.2) is 8.42 Å². The highest BCUT2D eigenvalue weighted by Crippen LogP contribution is 2.24. The number of rotatable bonds is 7. The minimum absolute atomic E-state index is 0.109. The molecule has 0 aliphatic heterocycles. The van der Waals surface area contributed by atoms with Gasteiger partial charge in [0.2, 0.25) is 10.0 Å². The second kappa shape index (κ2) is 9.71. The minimum atomic E-state index is -3.81. The fourth-order valence-corrected chi connectivity index (χ4v) is 5.11. The second-order valence-corrected chi connectivity index (χ2v) is 9.83.